The Morgan fingerprint density at radius 1 is 1.20 bits per heavy atom. The molecule has 0 aromatic carbocycles. The molecule has 0 rings (SSSR count). The van der Waals surface area contributed by atoms with E-state index < -0.39 is 12.7 Å². The van der Waals surface area contributed by atoms with Crippen molar-refractivity contribution >= 4 is 12.6 Å². The Bertz CT molecular complexity index is 186. The Balaban J connectivity index is 4.20. The molecule has 0 aromatic rings. The van der Waals surface area contributed by atoms with Crippen LogP contribution in [0.3, 0.4) is 0 Å². The van der Waals surface area contributed by atoms with Gasteiger partial charge in [-0.05, 0) is 24.1 Å². The van der Waals surface area contributed by atoms with Crippen molar-refractivity contribution in [3.8, 4) is 0 Å². The molecule has 1 unspecified atom stereocenters. The van der Waals surface area contributed by atoms with Gasteiger partial charge in [0.05, 0.1) is 6.54 Å². The number of hydrogen-bond acceptors (Lipinski definition) is 2. The minimum Gasteiger partial charge on any atom is -0.298 e. The van der Waals surface area contributed by atoms with Crippen molar-refractivity contribution < 1.29 is 13.2 Å². The monoisotopic (exact) mass is 243 g/mol. The first kappa shape index (κ1) is 15.1. The van der Waals surface area contributed by atoms with Gasteiger partial charge in [0.2, 0.25) is 0 Å². The average molecular weight is 243 g/mol. The minimum absolute atomic E-state index is 0.0123. The van der Waals surface area contributed by atoms with Gasteiger partial charge in [0.15, 0.2) is 0 Å². The first-order valence-corrected chi connectivity index (χ1v) is 5.55. The zero-order valence-electron chi connectivity index (χ0n) is 9.73. The standard InChI is InChI=1S/C10H20F3NS/c1-9(2,3)8(6-15)5-14(4)7-10(11,12)13/h8,15H,5-7H2,1-4H3. The number of hydrogen-bond donors (Lipinski definition) is 1. The summed E-state index contributed by atoms with van der Waals surface area (Å²) in [6.07, 6.45) is -4.12. The lowest BCUT2D eigenvalue weighted by molar-refractivity contribution is -0.144. The van der Waals surface area contributed by atoms with E-state index in [0.29, 0.717) is 12.3 Å². The van der Waals surface area contributed by atoms with Crippen LogP contribution in [-0.4, -0.2) is 37.0 Å². The van der Waals surface area contributed by atoms with Gasteiger partial charge >= 0.3 is 6.18 Å². The molecule has 0 N–H and O–H groups in total. The number of halogens is 3. The van der Waals surface area contributed by atoms with Crippen LogP contribution in [0.15, 0.2) is 0 Å². The third-order valence-corrected chi connectivity index (χ3v) is 2.87. The highest BCUT2D eigenvalue weighted by Crippen LogP contribution is 2.28. The van der Waals surface area contributed by atoms with Gasteiger partial charge in [-0.3, -0.25) is 4.90 Å². The highest BCUT2D eigenvalue weighted by atomic mass is 32.1. The second-order valence-corrected chi connectivity index (χ2v) is 5.42. The third-order valence-electron chi connectivity index (χ3n) is 2.43. The topological polar surface area (TPSA) is 3.24 Å². The molecule has 0 saturated heterocycles. The van der Waals surface area contributed by atoms with Crippen LogP contribution < -0.4 is 0 Å². The molecule has 0 spiro atoms. The maximum atomic E-state index is 12.1. The lowest BCUT2D eigenvalue weighted by Crippen LogP contribution is -2.39. The predicted molar refractivity (Wildman–Crippen MR) is 60.4 cm³/mol. The number of rotatable bonds is 4. The maximum Gasteiger partial charge on any atom is 0.401 e. The molecule has 0 aliphatic heterocycles. The van der Waals surface area contributed by atoms with Crippen LogP contribution >= 0.6 is 12.6 Å². The van der Waals surface area contributed by atoms with Crippen LogP contribution in [0.25, 0.3) is 0 Å². The third kappa shape index (κ3) is 7.06. The average Bonchev–Trinajstić information content (AvgIpc) is 1.94. The van der Waals surface area contributed by atoms with E-state index in [1.54, 1.807) is 0 Å². The molecule has 1 atom stereocenters. The maximum absolute atomic E-state index is 12.1. The molecule has 0 aromatic heterocycles. The molecule has 0 aliphatic rings. The van der Waals surface area contributed by atoms with Crippen molar-refractivity contribution in [3.63, 3.8) is 0 Å². The second kappa shape index (κ2) is 5.43. The van der Waals surface area contributed by atoms with Crippen molar-refractivity contribution in [2.24, 2.45) is 11.3 Å². The fourth-order valence-electron chi connectivity index (χ4n) is 1.35. The van der Waals surface area contributed by atoms with Gasteiger partial charge in [-0.25, -0.2) is 0 Å². The molecular weight excluding hydrogens is 223 g/mol. The van der Waals surface area contributed by atoms with E-state index in [4.69, 9.17) is 0 Å². The zero-order valence-corrected chi connectivity index (χ0v) is 10.6. The Morgan fingerprint density at radius 2 is 1.67 bits per heavy atom. The molecule has 0 aliphatic carbocycles. The van der Waals surface area contributed by atoms with Gasteiger partial charge in [-0.1, -0.05) is 20.8 Å². The highest BCUT2D eigenvalue weighted by Gasteiger charge is 2.31. The van der Waals surface area contributed by atoms with Crippen molar-refractivity contribution in [1.29, 1.82) is 0 Å². The number of alkyl halides is 3. The molecule has 0 fully saturated rings. The van der Waals surface area contributed by atoms with Crippen LogP contribution in [0, 0.1) is 11.3 Å². The summed E-state index contributed by atoms with van der Waals surface area (Å²) in [6.45, 7) is 5.64. The van der Waals surface area contributed by atoms with Crippen LogP contribution in [-0.2, 0) is 0 Å². The number of nitrogens with zero attached hydrogens (tertiary/aromatic N) is 1. The summed E-state index contributed by atoms with van der Waals surface area (Å²) < 4.78 is 36.3. The van der Waals surface area contributed by atoms with Crippen LogP contribution in [0.5, 0.6) is 0 Å². The van der Waals surface area contributed by atoms with Crippen molar-refractivity contribution in [3.05, 3.63) is 0 Å². The molecule has 15 heavy (non-hydrogen) atoms. The molecule has 0 amide bonds. The molecule has 5 heteroatoms. The molecule has 92 valence electrons. The Morgan fingerprint density at radius 3 is 1.93 bits per heavy atom. The van der Waals surface area contributed by atoms with Gasteiger partial charge in [-0.15, -0.1) is 0 Å². The zero-order chi connectivity index (χ0) is 12.3. The summed E-state index contributed by atoms with van der Waals surface area (Å²) in [5.41, 5.74) is -0.0123. The van der Waals surface area contributed by atoms with E-state index in [2.05, 4.69) is 12.6 Å². The minimum atomic E-state index is -4.12. The largest absolute Gasteiger partial charge is 0.401 e. The van der Waals surface area contributed by atoms with Gasteiger partial charge in [-0.2, -0.15) is 25.8 Å². The van der Waals surface area contributed by atoms with Gasteiger partial charge < -0.3 is 0 Å². The fourth-order valence-corrected chi connectivity index (χ4v) is 2.02. The van der Waals surface area contributed by atoms with Crippen LogP contribution in [0.2, 0.25) is 0 Å². The van der Waals surface area contributed by atoms with Gasteiger partial charge in [0, 0.05) is 6.54 Å². The Hall–Kier alpha value is 0.100. The first-order chi connectivity index (χ1) is 6.56. The molecule has 0 heterocycles. The SMILES string of the molecule is CN(CC(CS)C(C)(C)C)CC(F)(F)F. The van der Waals surface area contributed by atoms with Gasteiger partial charge in [0.1, 0.15) is 0 Å². The second-order valence-electron chi connectivity index (χ2n) is 5.06. The predicted octanol–water partition coefficient (Wildman–Crippen LogP) is 3.07. The Labute approximate surface area is 95.4 Å². The highest BCUT2D eigenvalue weighted by molar-refractivity contribution is 7.80. The van der Waals surface area contributed by atoms with E-state index in [0.717, 1.165) is 0 Å². The van der Waals surface area contributed by atoms with Crippen LogP contribution in [0.4, 0.5) is 13.2 Å². The number of thiol groups is 1. The quantitative estimate of drug-likeness (QED) is 0.743. The fraction of sp³-hybridized carbons (Fsp3) is 1.00. The summed E-state index contributed by atoms with van der Waals surface area (Å²) in [5.74, 6) is 0.763. The van der Waals surface area contributed by atoms with E-state index in [1.807, 2.05) is 20.8 Å². The van der Waals surface area contributed by atoms with E-state index >= 15 is 0 Å². The van der Waals surface area contributed by atoms with E-state index in [1.165, 1.54) is 11.9 Å². The molecule has 0 radical (unpaired) electrons. The van der Waals surface area contributed by atoms with Gasteiger partial charge in [0.25, 0.3) is 0 Å². The lowest BCUT2D eigenvalue weighted by Gasteiger charge is -2.33. The van der Waals surface area contributed by atoms with Crippen molar-refractivity contribution in [2.75, 3.05) is 25.9 Å². The summed E-state index contributed by atoms with van der Waals surface area (Å²) in [7, 11) is 1.50. The summed E-state index contributed by atoms with van der Waals surface area (Å²) in [4.78, 5) is 1.31. The summed E-state index contributed by atoms with van der Waals surface area (Å²) >= 11 is 4.19. The molecule has 0 saturated carbocycles. The Kier molecular flexibility index (Phi) is 5.47. The van der Waals surface area contributed by atoms with Crippen molar-refractivity contribution in [1.82, 2.24) is 4.90 Å². The van der Waals surface area contributed by atoms with Crippen molar-refractivity contribution in [2.45, 2.75) is 26.9 Å². The van der Waals surface area contributed by atoms with E-state index in [-0.39, 0.29) is 11.3 Å². The summed E-state index contributed by atoms with van der Waals surface area (Å²) in [5, 5.41) is 0. The smallest absolute Gasteiger partial charge is 0.298 e. The lowest BCUT2D eigenvalue weighted by atomic mass is 9.81. The normalized spacial score (nSPS) is 15.8. The molecule has 1 nitrogen and oxygen atoms in total. The van der Waals surface area contributed by atoms with Crippen LogP contribution in [0.1, 0.15) is 20.8 Å². The molecular formula is C10H20F3NS. The first-order valence-electron chi connectivity index (χ1n) is 4.92. The summed E-state index contributed by atoms with van der Waals surface area (Å²) in [6, 6.07) is 0. The molecule has 0 bridgehead atoms. The van der Waals surface area contributed by atoms with E-state index in [9.17, 15) is 13.2 Å².